The Morgan fingerprint density at radius 2 is 1.22 bits per heavy atom. The van der Waals surface area contributed by atoms with Gasteiger partial charge in [0.15, 0.2) is 3.57 Å². The Labute approximate surface area is 150 Å². The molecule has 0 aliphatic heterocycles. The molecule has 0 aliphatic rings. The monoisotopic (exact) mass is 425 g/mol. The quantitative estimate of drug-likeness (QED) is 0.645. The van der Waals surface area contributed by atoms with Crippen LogP contribution in [0.5, 0.6) is 0 Å². The van der Waals surface area contributed by atoms with Crippen LogP contribution in [-0.4, -0.2) is 0 Å². The maximum atomic E-state index is 13.2. The minimum Gasteiger partial charge on any atom is -0.207 e. The molecule has 0 radical (unpaired) electrons. The largest absolute Gasteiger partial charge is 0.358 e. The zero-order valence-corrected chi connectivity index (χ0v) is 17.1. The highest BCUT2D eigenvalue weighted by molar-refractivity contribution is 5.34. The van der Waals surface area contributed by atoms with E-state index in [9.17, 15) is 4.39 Å². The molecule has 0 saturated carbocycles. The Morgan fingerprint density at radius 3 is 1.61 bits per heavy atom. The highest BCUT2D eigenvalue weighted by Gasteiger charge is 2.28. The molecular weight excluding hydrogens is 398 g/mol. The van der Waals surface area contributed by atoms with Gasteiger partial charge in [0.1, 0.15) is 5.82 Å². The SMILES string of the molecule is CC(C)c1cc(C(C)C)c([I+]c2ccc(F)cc2)c(C(C)C)c1. The minimum absolute atomic E-state index is 0.152. The molecule has 0 amide bonds. The van der Waals surface area contributed by atoms with E-state index in [1.807, 2.05) is 12.1 Å². The van der Waals surface area contributed by atoms with Crippen molar-refractivity contribution in [2.75, 3.05) is 0 Å². The predicted octanol–water partition coefficient (Wildman–Crippen LogP) is 3.32. The van der Waals surface area contributed by atoms with Gasteiger partial charge in [0.2, 0.25) is 3.57 Å². The van der Waals surface area contributed by atoms with Crippen LogP contribution in [-0.2, 0) is 0 Å². The summed E-state index contributed by atoms with van der Waals surface area (Å²) in [6, 6.07) is 11.9. The molecule has 0 fully saturated rings. The zero-order valence-electron chi connectivity index (χ0n) is 15.0. The molecule has 124 valence electrons. The first kappa shape index (κ1) is 18.4. The molecule has 2 aromatic carbocycles. The number of halogens is 2. The Balaban J connectivity index is 2.56. The summed E-state index contributed by atoms with van der Waals surface area (Å²) < 4.78 is 16.0. The third-order valence-electron chi connectivity index (χ3n) is 4.07. The molecule has 0 aliphatic carbocycles. The number of hydrogen-bond acceptors (Lipinski definition) is 0. The summed E-state index contributed by atoms with van der Waals surface area (Å²) in [7, 11) is 0. The fourth-order valence-electron chi connectivity index (χ4n) is 2.58. The molecule has 0 heterocycles. The Bertz CT molecular complexity index is 625. The molecule has 2 aromatic rings. The van der Waals surface area contributed by atoms with Crippen LogP contribution in [0, 0.1) is 13.0 Å². The second kappa shape index (κ2) is 7.78. The third-order valence-corrected chi connectivity index (χ3v) is 7.20. The second-order valence-corrected chi connectivity index (χ2v) is 9.87. The smallest absolute Gasteiger partial charge is 0.207 e. The number of rotatable bonds is 5. The lowest BCUT2D eigenvalue weighted by molar-refractivity contribution is -0.599. The molecular formula is C21H27FI+. The van der Waals surface area contributed by atoms with Gasteiger partial charge in [0, 0.05) is 11.1 Å². The van der Waals surface area contributed by atoms with E-state index >= 15 is 0 Å². The van der Waals surface area contributed by atoms with Crippen molar-refractivity contribution in [3.8, 4) is 0 Å². The third kappa shape index (κ3) is 4.56. The van der Waals surface area contributed by atoms with Crippen LogP contribution in [0.15, 0.2) is 36.4 Å². The average Bonchev–Trinajstić information content (AvgIpc) is 2.48. The molecule has 0 saturated heterocycles. The van der Waals surface area contributed by atoms with Gasteiger partial charge in [-0.05, 0) is 47.6 Å². The van der Waals surface area contributed by atoms with Crippen molar-refractivity contribution in [3.05, 3.63) is 66.0 Å². The highest BCUT2D eigenvalue weighted by Crippen LogP contribution is 2.27. The van der Waals surface area contributed by atoms with Crippen molar-refractivity contribution in [1.82, 2.24) is 0 Å². The lowest BCUT2D eigenvalue weighted by atomic mass is 9.90. The van der Waals surface area contributed by atoms with Crippen LogP contribution >= 0.6 is 0 Å². The fraction of sp³-hybridized carbons (Fsp3) is 0.429. The van der Waals surface area contributed by atoms with Crippen molar-refractivity contribution in [3.63, 3.8) is 0 Å². The molecule has 23 heavy (non-hydrogen) atoms. The number of benzene rings is 2. The summed E-state index contributed by atoms with van der Waals surface area (Å²) in [5.41, 5.74) is 4.40. The van der Waals surface area contributed by atoms with E-state index in [1.54, 1.807) is 12.1 Å². The van der Waals surface area contributed by atoms with Gasteiger partial charge in [-0.2, -0.15) is 0 Å². The zero-order chi connectivity index (χ0) is 17.1. The van der Waals surface area contributed by atoms with Crippen molar-refractivity contribution >= 4 is 0 Å². The topological polar surface area (TPSA) is 0 Å². The van der Waals surface area contributed by atoms with Gasteiger partial charge in [-0.1, -0.05) is 53.7 Å². The van der Waals surface area contributed by atoms with Gasteiger partial charge in [-0.15, -0.1) is 0 Å². The Hall–Kier alpha value is -0.900. The van der Waals surface area contributed by atoms with Gasteiger partial charge in [0.05, 0.1) is 0 Å². The van der Waals surface area contributed by atoms with Crippen molar-refractivity contribution in [2.45, 2.75) is 59.3 Å². The van der Waals surface area contributed by atoms with Gasteiger partial charge in [0.25, 0.3) is 0 Å². The van der Waals surface area contributed by atoms with Crippen molar-refractivity contribution in [1.29, 1.82) is 0 Å². The van der Waals surface area contributed by atoms with Crippen LogP contribution in [0.1, 0.15) is 76.0 Å². The molecule has 2 rings (SSSR count). The first-order valence-corrected chi connectivity index (χ1v) is 10.5. The maximum Gasteiger partial charge on any atom is 0.358 e. The molecule has 2 heteroatoms. The van der Waals surface area contributed by atoms with Crippen molar-refractivity contribution in [2.24, 2.45) is 0 Å². The van der Waals surface area contributed by atoms with E-state index in [1.165, 1.54) is 23.8 Å². The first-order chi connectivity index (χ1) is 10.8. The minimum atomic E-state index is -0.294. The lowest BCUT2D eigenvalue weighted by Crippen LogP contribution is -3.62. The summed E-state index contributed by atoms with van der Waals surface area (Å²) in [6.07, 6.45) is 0. The van der Waals surface area contributed by atoms with Gasteiger partial charge >= 0.3 is 21.2 Å². The van der Waals surface area contributed by atoms with Crippen molar-refractivity contribution < 1.29 is 25.6 Å². The van der Waals surface area contributed by atoms with E-state index in [0.29, 0.717) is 17.8 Å². The summed E-state index contributed by atoms with van der Waals surface area (Å²) in [5.74, 6) is 1.42. The van der Waals surface area contributed by atoms with Gasteiger partial charge in [-0.25, -0.2) is 4.39 Å². The standard InChI is InChI=1S/C21H27FI/c1-13(2)16-11-19(14(3)4)21(20(12-16)15(5)6)23-18-9-7-17(22)8-10-18/h7-15H,1-6H3/q+1. The highest BCUT2D eigenvalue weighted by atomic mass is 127. The van der Waals surface area contributed by atoms with E-state index in [4.69, 9.17) is 0 Å². The van der Waals surface area contributed by atoms with Crippen LogP contribution in [0.3, 0.4) is 0 Å². The Kier molecular flexibility index (Phi) is 6.24. The Morgan fingerprint density at radius 1 is 0.739 bits per heavy atom. The molecule has 0 unspecified atom stereocenters. The van der Waals surface area contributed by atoms with Crippen LogP contribution in [0.2, 0.25) is 0 Å². The van der Waals surface area contributed by atoms with Crippen LogP contribution in [0.25, 0.3) is 0 Å². The maximum absolute atomic E-state index is 13.2. The molecule has 0 atom stereocenters. The molecule has 0 spiro atoms. The predicted molar refractivity (Wildman–Crippen MR) is 92.5 cm³/mol. The summed E-state index contributed by atoms with van der Waals surface area (Å²) >= 11 is -0.294. The van der Waals surface area contributed by atoms with E-state index in [-0.39, 0.29) is 27.0 Å². The van der Waals surface area contributed by atoms with E-state index < -0.39 is 0 Å². The summed E-state index contributed by atoms with van der Waals surface area (Å²) in [4.78, 5) is 0. The van der Waals surface area contributed by atoms with Gasteiger partial charge in [-0.3, -0.25) is 0 Å². The molecule has 0 nitrogen and oxygen atoms in total. The second-order valence-electron chi connectivity index (χ2n) is 7.01. The number of hydrogen-bond donors (Lipinski definition) is 0. The lowest BCUT2D eigenvalue weighted by Gasteiger charge is -2.17. The van der Waals surface area contributed by atoms with E-state index in [2.05, 4.69) is 53.7 Å². The normalized spacial score (nSPS) is 11.7. The molecule has 0 aromatic heterocycles. The molecule has 0 N–H and O–H groups in total. The summed E-state index contributed by atoms with van der Waals surface area (Å²) in [5, 5.41) is 0. The average molecular weight is 425 g/mol. The fourth-order valence-corrected chi connectivity index (χ4v) is 6.10. The van der Waals surface area contributed by atoms with E-state index in [0.717, 1.165) is 0 Å². The van der Waals surface area contributed by atoms with Gasteiger partial charge < -0.3 is 0 Å². The molecule has 0 bridgehead atoms. The van der Waals surface area contributed by atoms with Crippen LogP contribution < -0.4 is 21.2 Å². The summed E-state index contributed by atoms with van der Waals surface area (Å²) in [6.45, 7) is 13.6. The first-order valence-electron chi connectivity index (χ1n) is 8.37. The van der Waals surface area contributed by atoms with Crippen LogP contribution in [0.4, 0.5) is 4.39 Å².